The van der Waals surface area contributed by atoms with Crippen molar-refractivity contribution in [1.29, 1.82) is 0 Å². The van der Waals surface area contributed by atoms with Crippen LogP contribution in [-0.2, 0) is 21.2 Å². The number of carbonyl (C=O) groups is 1. The van der Waals surface area contributed by atoms with Crippen LogP contribution in [0.3, 0.4) is 0 Å². The Morgan fingerprint density at radius 1 is 1.03 bits per heavy atom. The van der Waals surface area contributed by atoms with Crippen LogP contribution in [0.4, 0.5) is 0 Å². The number of likely N-dealkylation sites (tertiary alicyclic amines) is 1. The molecule has 4 rings (SSSR count). The number of ether oxygens (including phenoxy) is 1. The van der Waals surface area contributed by atoms with Crippen LogP contribution < -0.4 is 4.74 Å². The molecule has 0 spiro atoms. The number of hydrogen-bond acceptors (Lipinski definition) is 4. The van der Waals surface area contributed by atoms with Crippen LogP contribution in [0.5, 0.6) is 5.75 Å². The first-order valence-corrected chi connectivity index (χ1v) is 13.3. The first-order chi connectivity index (χ1) is 15.9. The van der Waals surface area contributed by atoms with Gasteiger partial charge in [0.15, 0.2) is 0 Å². The molecular weight excluding hydrogens is 436 g/mol. The Hall–Kier alpha value is -2.38. The Kier molecular flexibility index (Phi) is 7.39. The lowest BCUT2D eigenvalue weighted by atomic mass is 9.89. The van der Waals surface area contributed by atoms with Crippen LogP contribution in [0.2, 0.25) is 0 Å². The van der Waals surface area contributed by atoms with Crippen molar-refractivity contribution in [2.45, 2.75) is 43.9 Å². The molecule has 2 aromatic carbocycles. The SMILES string of the molecule is COc1ccc(C)cc1S(=O)(=O)N1CCC[C@H](C(=O)N2CCC(Cc3ccccc3)CC2)C1. The van der Waals surface area contributed by atoms with E-state index in [-0.39, 0.29) is 23.3 Å². The zero-order valence-corrected chi connectivity index (χ0v) is 20.4. The maximum absolute atomic E-state index is 13.4. The molecule has 2 aliphatic rings. The Morgan fingerprint density at radius 2 is 1.76 bits per heavy atom. The molecule has 2 aromatic rings. The Labute approximate surface area is 197 Å². The third kappa shape index (κ3) is 5.41. The van der Waals surface area contributed by atoms with Crippen LogP contribution in [0.25, 0.3) is 0 Å². The van der Waals surface area contributed by atoms with Gasteiger partial charge in [-0.25, -0.2) is 8.42 Å². The zero-order chi connectivity index (χ0) is 23.4. The average molecular weight is 471 g/mol. The first-order valence-electron chi connectivity index (χ1n) is 11.9. The summed E-state index contributed by atoms with van der Waals surface area (Å²) in [5, 5.41) is 0. The minimum Gasteiger partial charge on any atom is -0.495 e. The Bertz CT molecular complexity index is 1060. The van der Waals surface area contributed by atoms with Crippen LogP contribution in [0.1, 0.15) is 36.8 Å². The number of hydrogen-bond donors (Lipinski definition) is 0. The number of amides is 1. The predicted molar refractivity (Wildman–Crippen MR) is 129 cm³/mol. The van der Waals surface area contributed by atoms with E-state index < -0.39 is 10.0 Å². The molecule has 6 nitrogen and oxygen atoms in total. The van der Waals surface area contributed by atoms with Gasteiger partial charge < -0.3 is 9.64 Å². The summed E-state index contributed by atoms with van der Waals surface area (Å²) < 4.78 is 33.6. The number of sulfonamides is 1. The number of nitrogens with zero attached hydrogens (tertiary/aromatic N) is 2. The molecule has 2 saturated heterocycles. The molecule has 0 bridgehead atoms. The van der Waals surface area contributed by atoms with Crippen LogP contribution in [-0.4, -0.2) is 56.8 Å². The van der Waals surface area contributed by atoms with E-state index in [2.05, 4.69) is 24.3 Å². The molecule has 0 saturated carbocycles. The van der Waals surface area contributed by atoms with Crippen molar-refractivity contribution in [3.05, 3.63) is 59.7 Å². The molecule has 0 N–H and O–H groups in total. The van der Waals surface area contributed by atoms with Crippen molar-refractivity contribution in [2.75, 3.05) is 33.3 Å². The monoisotopic (exact) mass is 470 g/mol. The average Bonchev–Trinajstić information content (AvgIpc) is 2.85. The van der Waals surface area contributed by atoms with Crippen molar-refractivity contribution in [2.24, 2.45) is 11.8 Å². The van der Waals surface area contributed by atoms with Gasteiger partial charge in [-0.1, -0.05) is 36.4 Å². The fourth-order valence-corrected chi connectivity index (χ4v) is 6.81. The molecule has 7 heteroatoms. The van der Waals surface area contributed by atoms with Crippen molar-refractivity contribution in [3.63, 3.8) is 0 Å². The quantitative estimate of drug-likeness (QED) is 0.643. The van der Waals surface area contributed by atoms with Crippen LogP contribution in [0.15, 0.2) is 53.4 Å². The third-order valence-corrected chi connectivity index (χ3v) is 8.85. The number of methoxy groups -OCH3 is 1. The highest BCUT2D eigenvalue weighted by Gasteiger charge is 2.37. The standard InChI is InChI=1S/C26H34N2O4S/c1-20-10-11-24(32-2)25(17-20)33(30,31)28-14-6-9-23(19-28)26(29)27-15-12-22(13-16-27)18-21-7-4-3-5-8-21/h3-5,7-8,10-11,17,22-23H,6,9,12-16,18-19H2,1-2H3/t23-/m0/s1. The van der Waals surface area contributed by atoms with Gasteiger partial charge in [0.05, 0.1) is 13.0 Å². The summed E-state index contributed by atoms with van der Waals surface area (Å²) in [5.74, 6) is 0.752. The molecule has 2 aliphatic heterocycles. The van der Waals surface area contributed by atoms with Gasteiger partial charge in [-0.15, -0.1) is 0 Å². The highest BCUT2D eigenvalue weighted by molar-refractivity contribution is 7.89. The maximum Gasteiger partial charge on any atom is 0.246 e. The third-order valence-electron chi connectivity index (χ3n) is 6.96. The van der Waals surface area contributed by atoms with Gasteiger partial charge in [-0.3, -0.25) is 4.79 Å². The fraction of sp³-hybridized carbons (Fsp3) is 0.500. The van der Waals surface area contributed by atoms with Crippen LogP contribution in [0, 0.1) is 18.8 Å². The van der Waals surface area contributed by atoms with E-state index in [1.807, 2.05) is 24.0 Å². The van der Waals surface area contributed by atoms with E-state index in [1.54, 1.807) is 12.1 Å². The second-order valence-electron chi connectivity index (χ2n) is 9.31. The molecule has 0 unspecified atom stereocenters. The second-order valence-corrected chi connectivity index (χ2v) is 11.2. The van der Waals surface area contributed by atoms with E-state index in [1.165, 1.54) is 17.0 Å². The topological polar surface area (TPSA) is 66.9 Å². The number of carbonyl (C=O) groups excluding carboxylic acids is 1. The van der Waals surface area contributed by atoms with Gasteiger partial charge in [0.2, 0.25) is 15.9 Å². The molecule has 178 valence electrons. The Balaban J connectivity index is 1.38. The van der Waals surface area contributed by atoms with Gasteiger partial charge in [-0.2, -0.15) is 4.31 Å². The number of rotatable bonds is 6. The van der Waals surface area contributed by atoms with Crippen molar-refractivity contribution < 1.29 is 17.9 Å². The molecule has 2 fully saturated rings. The summed E-state index contributed by atoms with van der Waals surface area (Å²) in [6.07, 6.45) is 4.47. The molecule has 2 heterocycles. The molecule has 0 aliphatic carbocycles. The number of piperidine rings is 2. The van der Waals surface area contributed by atoms with Crippen molar-refractivity contribution in [3.8, 4) is 5.75 Å². The van der Waals surface area contributed by atoms with Crippen molar-refractivity contribution >= 4 is 15.9 Å². The summed E-state index contributed by atoms with van der Waals surface area (Å²) in [6, 6.07) is 15.7. The van der Waals surface area contributed by atoms with E-state index in [0.717, 1.165) is 44.3 Å². The van der Waals surface area contributed by atoms with E-state index in [9.17, 15) is 13.2 Å². The molecule has 0 aromatic heterocycles. The molecule has 1 amide bonds. The summed E-state index contributed by atoms with van der Waals surface area (Å²) in [5.41, 5.74) is 2.21. The highest BCUT2D eigenvalue weighted by Crippen LogP contribution is 2.32. The lowest BCUT2D eigenvalue weighted by molar-refractivity contribution is -0.138. The number of benzene rings is 2. The van der Waals surface area contributed by atoms with E-state index in [4.69, 9.17) is 4.74 Å². The minimum absolute atomic E-state index is 0.101. The lowest BCUT2D eigenvalue weighted by Gasteiger charge is -2.37. The minimum atomic E-state index is -3.73. The molecule has 1 atom stereocenters. The molecule has 33 heavy (non-hydrogen) atoms. The van der Waals surface area contributed by atoms with Gasteiger partial charge >= 0.3 is 0 Å². The van der Waals surface area contributed by atoms with Gasteiger partial charge in [-0.05, 0) is 68.2 Å². The number of aryl methyl sites for hydroxylation is 1. The first kappa shape index (κ1) is 23.8. The predicted octanol–water partition coefficient (Wildman–Crippen LogP) is 3.89. The summed E-state index contributed by atoms with van der Waals surface area (Å²) in [7, 11) is -2.25. The zero-order valence-electron chi connectivity index (χ0n) is 19.6. The fourth-order valence-electron chi connectivity index (χ4n) is 5.05. The van der Waals surface area contributed by atoms with Gasteiger partial charge in [0, 0.05) is 26.2 Å². The van der Waals surface area contributed by atoms with Crippen molar-refractivity contribution in [1.82, 2.24) is 9.21 Å². The maximum atomic E-state index is 13.4. The molecule has 0 radical (unpaired) electrons. The summed E-state index contributed by atoms with van der Waals surface area (Å²) >= 11 is 0. The largest absolute Gasteiger partial charge is 0.495 e. The summed E-state index contributed by atoms with van der Waals surface area (Å²) in [6.45, 7) is 4.05. The second kappa shape index (κ2) is 10.3. The van der Waals surface area contributed by atoms with Crippen LogP contribution >= 0.6 is 0 Å². The van der Waals surface area contributed by atoms with Gasteiger partial charge in [0.25, 0.3) is 0 Å². The van der Waals surface area contributed by atoms with E-state index >= 15 is 0 Å². The van der Waals surface area contributed by atoms with E-state index in [0.29, 0.717) is 24.6 Å². The van der Waals surface area contributed by atoms with Gasteiger partial charge in [0.1, 0.15) is 10.6 Å². The smallest absolute Gasteiger partial charge is 0.246 e. The summed E-state index contributed by atoms with van der Waals surface area (Å²) in [4.78, 5) is 15.4. The normalized spacial score (nSPS) is 20.5. The highest BCUT2D eigenvalue weighted by atomic mass is 32.2. The lowest BCUT2D eigenvalue weighted by Crippen LogP contribution is -2.48. The molecular formula is C26H34N2O4S. The Morgan fingerprint density at radius 3 is 2.45 bits per heavy atom.